The number of hydrogen-bond acceptors (Lipinski definition) is 6. The Labute approximate surface area is 267 Å². The number of rotatable bonds is 11. The molecule has 0 unspecified atom stereocenters. The molecule has 0 bridgehead atoms. The Morgan fingerprint density at radius 1 is 0.591 bits per heavy atom. The van der Waals surface area contributed by atoms with Gasteiger partial charge < -0.3 is 19.0 Å². The fourth-order valence-electron chi connectivity index (χ4n) is 6.07. The fraction of sp³-hybridized carbons (Fsp3) is 0.263. The van der Waals surface area contributed by atoms with Crippen molar-refractivity contribution in [2.45, 2.75) is 52.0 Å². The molecule has 226 valence electrons. The minimum absolute atomic E-state index is 0.340. The Hall–Kier alpha value is -3.74. The summed E-state index contributed by atoms with van der Waals surface area (Å²) in [5.74, 6) is 5.81. The molecular formula is C38H38O4S2. The molecule has 2 N–H and O–H groups in total. The van der Waals surface area contributed by atoms with Crippen LogP contribution in [0.4, 0.5) is 0 Å². The molecule has 0 amide bonds. The summed E-state index contributed by atoms with van der Waals surface area (Å²) in [6.07, 6.45) is 1.52. The largest absolute Gasteiger partial charge is 0.507 e. The van der Waals surface area contributed by atoms with Crippen molar-refractivity contribution in [1.29, 1.82) is 0 Å². The molecule has 6 heteroatoms. The van der Waals surface area contributed by atoms with Crippen LogP contribution < -0.4 is 0 Å². The molecule has 0 saturated heterocycles. The Morgan fingerprint density at radius 2 is 1.00 bits per heavy atom. The zero-order valence-electron chi connectivity index (χ0n) is 25.7. The first-order valence-electron chi connectivity index (χ1n) is 15.2. The minimum Gasteiger partial charge on any atom is -0.507 e. The van der Waals surface area contributed by atoms with Crippen molar-refractivity contribution in [2.75, 3.05) is 11.5 Å². The molecule has 0 radical (unpaired) electrons. The normalized spacial score (nSPS) is 11.6. The molecule has 0 aliphatic heterocycles. The molecule has 2 heterocycles. The summed E-state index contributed by atoms with van der Waals surface area (Å²) in [6.45, 7) is 8.34. The average molecular weight is 623 g/mol. The van der Waals surface area contributed by atoms with Gasteiger partial charge in [0.2, 0.25) is 0 Å². The molecule has 2 aromatic heterocycles. The van der Waals surface area contributed by atoms with Crippen molar-refractivity contribution in [3.63, 3.8) is 0 Å². The van der Waals surface area contributed by atoms with Gasteiger partial charge in [0.15, 0.2) is 0 Å². The highest BCUT2D eigenvalue weighted by molar-refractivity contribution is 8.02. The van der Waals surface area contributed by atoms with Gasteiger partial charge in [-0.25, -0.2) is 0 Å². The molecule has 0 spiro atoms. The quantitative estimate of drug-likeness (QED) is 0.140. The van der Waals surface area contributed by atoms with E-state index in [-0.39, 0.29) is 0 Å². The van der Waals surface area contributed by atoms with Crippen LogP contribution in [0.15, 0.2) is 81.6 Å². The lowest BCUT2D eigenvalue weighted by Gasteiger charge is -2.13. The maximum Gasteiger partial charge on any atom is 0.134 e. The number of benzene rings is 4. The number of phenols is 2. The standard InChI is InChI=1S/C38H38O4S2/c1-5-31-35(27-11-7-9-13-33(27)41-31)29-19-23(3)17-25(37(29)39)21-43-15-16-44-22-26-18-24(4)20-30(38(26)40)36-28-12-8-10-14-34(28)42-32(36)6-2/h7-14,17-20,39-40H,5-6,15-16,21-22H2,1-4H3. The number of para-hydroxylation sites is 2. The predicted molar refractivity (Wildman–Crippen MR) is 187 cm³/mol. The summed E-state index contributed by atoms with van der Waals surface area (Å²) in [6, 6.07) is 24.4. The smallest absolute Gasteiger partial charge is 0.134 e. The molecule has 0 aliphatic carbocycles. The predicted octanol–water partition coefficient (Wildman–Crippen LogP) is 10.8. The van der Waals surface area contributed by atoms with Crippen molar-refractivity contribution in [2.24, 2.45) is 0 Å². The highest BCUT2D eigenvalue weighted by Gasteiger charge is 2.21. The maximum atomic E-state index is 11.4. The number of aryl methyl sites for hydroxylation is 4. The number of hydrogen-bond donors (Lipinski definition) is 2. The van der Waals surface area contributed by atoms with E-state index >= 15 is 0 Å². The van der Waals surface area contributed by atoms with Crippen LogP contribution in [0.2, 0.25) is 0 Å². The lowest BCUT2D eigenvalue weighted by molar-refractivity contribution is 0.471. The first kappa shape index (κ1) is 30.3. The Kier molecular flexibility index (Phi) is 9.01. The second-order valence-electron chi connectivity index (χ2n) is 11.2. The van der Waals surface area contributed by atoms with Crippen LogP contribution in [-0.2, 0) is 24.3 Å². The van der Waals surface area contributed by atoms with Gasteiger partial charge in [0.25, 0.3) is 0 Å². The molecule has 6 aromatic rings. The first-order chi connectivity index (χ1) is 21.4. The van der Waals surface area contributed by atoms with E-state index in [1.807, 2.05) is 59.9 Å². The summed E-state index contributed by atoms with van der Waals surface area (Å²) in [7, 11) is 0. The monoisotopic (exact) mass is 622 g/mol. The second kappa shape index (κ2) is 13.1. The molecule has 0 aliphatic rings. The molecule has 0 saturated carbocycles. The summed E-state index contributed by atoms with van der Waals surface area (Å²) >= 11 is 3.64. The van der Waals surface area contributed by atoms with Crippen molar-refractivity contribution in [3.8, 4) is 33.8 Å². The van der Waals surface area contributed by atoms with Gasteiger partial charge in [0.1, 0.15) is 34.2 Å². The lowest BCUT2D eigenvalue weighted by Crippen LogP contribution is -1.94. The van der Waals surface area contributed by atoms with Gasteiger partial charge >= 0.3 is 0 Å². The van der Waals surface area contributed by atoms with Crippen LogP contribution in [-0.4, -0.2) is 21.7 Å². The van der Waals surface area contributed by atoms with E-state index in [2.05, 4.69) is 64.1 Å². The number of furan rings is 2. The molecular weight excluding hydrogens is 585 g/mol. The van der Waals surface area contributed by atoms with E-state index < -0.39 is 0 Å². The van der Waals surface area contributed by atoms with Gasteiger partial charge in [-0.3, -0.25) is 0 Å². The second-order valence-corrected chi connectivity index (χ2v) is 13.5. The summed E-state index contributed by atoms with van der Waals surface area (Å²) < 4.78 is 12.3. The van der Waals surface area contributed by atoms with Gasteiger partial charge in [-0.1, -0.05) is 62.4 Å². The van der Waals surface area contributed by atoms with Crippen LogP contribution >= 0.6 is 23.5 Å². The van der Waals surface area contributed by atoms with Crippen LogP contribution in [0.3, 0.4) is 0 Å². The third-order valence-corrected chi connectivity index (χ3v) is 10.3. The topological polar surface area (TPSA) is 66.7 Å². The van der Waals surface area contributed by atoms with E-state index in [1.165, 1.54) is 0 Å². The highest BCUT2D eigenvalue weighted by atomic mass is 32.2. The number of fused-ring (bicyclic) bond motifs is 2. The van der Waals surface area contributed by atoms with Gasteiger partial charge in [-0.2, -0.15) is 23.5 Å². The van der Waals surface area contributed by atoms with E-state index in [0.29, 0.717) is 11.5 Å². The van der Waals surface area contributed by atoms with Crippen molar-refractivity contribution in [3.05, 3.63) is 107 Å². The van der Waals surface area contributed by atoms with Crippen LogP contribution in [0.5, 0.6) is 11.5 Å². The van der Waals surface area contributed by atoms with E-state index in [9.17, 15) is 10.2 Å². The lowest BCUT2D eigenvalue weighted by atomic mass is 9.96. The minimum atomic E-state index is 0.340. The maximum absolute atomic E-state index is 11.4. The fourth-order valence-corrected chi connectivity index (χ4v) is 8.18. The molecule has 44 heavy (non-hydrogen) atoms. The third-order valence-electron chi connectivity index (χ3n) is 8.07. The van der Waals surface area contributed by atoms with E-state index in [4.69, 9.17) is 8.83 Å². The molecule has 4 nitrogen and oxygen atoms in total. The third kappa shape index (κ3) is 5.85. The van der Waals surface area contributed by atoms with Gasteiger partial charge in [-0.05, 0) is 49.2 Å². The van der Waals surface area contributed by atoms with E-state index in [1.54, 1.807) is 0 Å². The van der Waals surface area contributed by atoms with Crippen LogP contribution in [0.1, 0.15) is 47.6 Å². The Bertz CT molecular complexity index is 1810. The van der Waals surface area contributed by atoms with Gasteiger partial charge in [0.05, 0.1) is 0 Å². The first-order valence-corrected chi connectivity index (χ1v) is 17.5. The van der Waals surface area contributed by atoms with Crippen LogP contribution in [0, 0.1) is 13.8 Å². The van der Waals surface area contributed by atoms with E-state index in [0.717, 1.165) is 114 Å². The SMILES string of the molecule is CCc1oc2ccccc2c1-c1cc(C)cc(CSCCSCc2cc(C)cc(-c3c(CC)oc4ccccc34)c2O)c1O. The van der Waals surface area contributed by atoms with Crippen LogP contribution in [0.25, 0.3) is 44.2 Å². The van der Waals surface area contributed by atoms with Gasteiger partial charge in [0, 0.05) is 80.0 Å². The Morgan fingerprint density at radius 3 is 1.41 bits per heavy atom. The molecule has 0 atom stereocenters. The van der Waals surface area contributed by atoms with Gasteiger partial charge in [-0.15, -0.1) is 0 Å². The number of thioether (sulfide) groups is 2. The molecule has 0 fully saturated rings. The number of phenolic OH excluding ortho intramolecular Hbond substituents is 2. The summed E-state index contributed by atoms with van der Waals surface area (Å²) in [5, 5.41) is 24.8. The number of aromatic hydroxyl groups is 2. The highest BCUT2D eigenvalue weighted by Crippen LogP contribution is 2.44. The average Bonchev–Trinajstić information content (AvgIpc) is 3.60. The van der Waals surface area contributed by atoms with Crippen molar-refractivity contribution < 1.29 is 19.0 Å². The Balaban J connectivity index is 1.13. The van der Waals surface area contributed by atoms with Crippen molar-refractivity contribution in [1.82, 2.24) is 0 Å². The zero-order chi connectivity index (χ0) is 30.8. The summed E-state index contributed by atoms with van der Waals surface area (Å²) in [4.78, 5) is 0. The zero-order valence-corrected chi connectivity index (χ0v) is 27.3. The molecule has 4 aromatic carbocycles. The summed E-state index contributed by atoms with van der Waals surface area (Å²) in [5.41, 5.74) is 9.53. The molecule has 6 rings (SSSR count). The van der Waals surface area contributed by atoms with Crippen molar-refractivity contribution >= 4 is 45.5 Å².